The molecule has 18 heavy (non-hydrogen) atoms. The minimum absolute atomic E-state index is 0.627. The first kappa shape index (κ1) is 11.8. The Balaban J connectivity index is 2.04. The smallest absolute Gasteiger partial charge is 0.136 e. The summed E-state index contributed by atoms with van der Waals surface area (Å²) >= 11 is 5.95. The molecule has 0 N–H and O–H groups in total. The highest BCUT2D eigenvalue weighted by atomic mass is 35.5. The van der Waals surface area contributed by atoms with E-state index < -0.39 is 0 Å². The van der Waals surface area contributed by atoms with Crippen LogP contribution in [0.25, 0.3) is 10.8 Å². The lowest BCUT2D eigenvalue weighted by molar-refractivity contribution is 0.389. The second kappa shape index (κ2) is 5.15. The zero-order valence-corrected chi connectivity index (χ0v) is 11.1. The first-order valence-electron chi connectivity index (χ1n) is 6.56. The van der Waals surface area contributed by atoms with Crippen LogP contribution in [0.1, 0.15) is 19.3 Å². The van der Waals surface area contributed by atoms with Crippen molar-refractivity contribution in [2.75, 3.05) is 17.3 Å². The van der Waals surface area contributed by atoms with E-state index in [1.807, 2.05) is 6.20 Å². The van der Waals surface area contributed by atoms with Crippen LogP contribution < -0.4 is 4.90 Å². The van der Waals surface area contributed by atoms with Crippen molar-refractivity contribution < 1.29 is 0 Å². The monoisotopic (exact) mass is 260 g/mol. The van der Waals surface area contributed by atoms with Gasteiger partial charge in [0, 0.05) is 30.0 Å². The van der Waals surface area contributed by atoms with Crippen molar-refractivity contribution >= 4 is 28.2 Å². The summed E-state index contributed by atoms with van der Waals surface area (Å²) in [5.41, 5.74) is 0. The van der Waals surface area contributed by atoms with Crippen LogP contribution in [0, 0.1) is 0 Å². The van der Waals surface area contributed by atoms with Gasteiger partial charge in [0.15, 0.2) is 0 Å². The van der Waals surface area contributed by atoms with Gasteiger partial charge in [-0.3, -0.25) is 0 Å². The van der Waals surface area contributed by atoms with Crippen LogP contribution in [0.4, 0.5) is 5.82 Å². The van der Waals surface area contributed by atoms with Crippen molar-refractivity contribution in [3.63, 3.8) is 0 Å². The molecule has 0 aliphatic heterocycles. The number of rotatable bonds is 4. The summed E-state index contributed by atoms with van der Waals surface area (Å²) in [7, 11) is 0. The molecule has 0 bridgehead atoms. The zero-order chi connectivity index (χ0) is 12.4. The molecule has 2 nitrogen and oxygen atoms in total. The maximum Gasteiger partial charge on any atom is 0.136 e. The second-order valence-electron chi connectivity index (χ2n) is 4.82. The van der Waals surface area contributed by atoms with Crippen molar-refractivity contribution in [2.45, 2.75) is 25.3 Å². The van der Waals surface area contributed by atoms with Gasteiger partial charge in [-0.15, -0.1) is 11.6 Å². The molecule has 1 saturated carbocycles. The highest BCUT2D eigenvalue weighted by molar-refractivity contribution is 6.18. The minimum atomic E-state index is 0.627. The number of hydrogen-bond acceptors (Lipinski definition) is 2. The van der Waals surface area contributed by atoms with Gasteiger partial charge in [0.05, 0.1) is 0 Å². The summed E-state index contributed by atoms with van der Waals surface area (Å²) in [6, 6.07) is 11.1. The van der Waals surface area contributed by atoms with Crippen LogP contribution in [-0.2, 0) is 0 Å². The standard InChI is InChI=1S/C15H17ClN2/c16-9-11-18(13-5-3-6-13)15-14-7-2-1-4-12(14)8-10-17-15/h1-2,4,7-8,10,13H,3,5-6,9,11H2. The fourth-order valence-corrected chi connectivity index (χ4v) is 2.77. The number of alkyl halides is 1. The SMILES string of the molecule is ClCCN(c1nccc2ccccc12)C1CCC1. The Bertz CT molecular complexity index is 532. The normalized spacial score (nSPS) is 15.6. The third kappa shape index (κ3) is 2.05. The van der Waals surface area contributed by atoms with E-state index in [4.69, 9.17) is 11.6 Å². The average Bonchev–Trinajstić information content (AvgIpc) is 2.35. The number of benzene rings is 1. The molecule has 1 aromatic carbocycles. The molecular formula is C15H17ClN2. The maximum atomic E-state index is 5.95. The van der Waals surface area contributed by atoms with Crippen LogP contribution in [0.2, 0.25) is 0 Å². The molecule has 0 saturated heterocycles. The van der Waals surface area contributed by atoms with Gasteiger partial charge in [0.1, 0.15) is 5.82 Å². The molecule has 1 fully saturated rings. The molecule has 2 aromatic rings. The summed E-state index contributed by atoms with van der Waals surface area (Å²) in [5, 5.41) is 2.48. The molecule has 94 valence electrons. The summed E-state index contributed by atoms with van der Waals surface area (Å²) in [4.78, 5) is 6.98. The third-order valence-electron chi connectivity index (χ3n) is 3.77. The van der Waals surface area contributed by atoms with E-state index in [0.29, 0.717) is 11.9 Å². The number of nitrogens with zero attached hydrogens (tertiary/aromatic N) is 2. The van der Waals surface area contributed by atoms with Crippen molar-refractivity contribution in [1.29, 1.82) is 0 Å². The lowest BCUT2D eigenvalue weighted by atomic mass is 9.91. The van der Waals surface area contributed by atoms with E-state index in [2.05, 4.69) is 40.2 Å². The molecule has 1 aliphatic carbocycles. The van der Waals surface area contributed by atoms with Crippen LogP contribution >= 0.6 is 11.6 Å². The van der Waals surface area contributed by atoms with Gasteiger partial charge < -0.3 is 4.90 Å². The predicted octanol–water partition coefficient (Wildman–Crippen LogP) is 3.83. The Kier molecular flexibility index (Phi) is 3.37. The number of pyridine rings is 1. The average molecular weight is 261 g/mol. The first-order valence-corrected chi connectivity index (χ1v) is 7.10. The van der Waals surface area contributed by atoms with Gasteiger partial charge in [-0.05, 0) is 30.7 Å². The van der Waals surface area contributed by atoms with Crippen molar-refractivity contribution in [2.24, 2.45) is 0 Å². The van der Waals surface area contributed by atoms with Gasteiger partial charge in [0.25, 0.3) is 0 Å². The summed E-state index contributed by atoms with van der Waals surface area (Å²) in [5.74, 6) is 1.75. The van der Waals surface area contributed by atoms with E-state index in [-0.39, 0.29) is 0 Å². The van der Waals surface area contributed by atoms with Crippen molar-refractivity contribution in [3.05, 3.63) is 36.5 Å². The number of anilines is 1. The molecule has 3 rings (SSSR count). The fraction of sp³-hybridized carbons (Fsp3) is 0.400. The zero-order valence-electron chi connectivity index (χ0n) is 10.3. The number of hydrogen-bond donors (Lipinski definition) is 0. The van der Waals surface area contributed by atoms with E-state index in [1.165, 1.54) is 30.0 Å². The van der Waals surface area contributed by atoms with Gasteiger partial charge in [0.2, 0.25) is 0 Å². The number of fused-ring (bicyclic) bond motifs is 1. The quantitative estimate of drug-likeness (QED) is 0.777. The van der Waals surface area contributed by atoms with Gasteiger partial charge in [-0.1, -0.05) is 24.3 Å². The van der Waals surface area contributed by atoms with Gasteiger partial charge in [-0.25, -0.2) is 4.98 Å². The topological polar surface area (TPSA) is 16.1 Å². The number of aromatic nitrogens is 1. The molecule has 0 amide bonds. The second-order valence-corrected chi connectivity index (χ2v) is 5.20. The Morgan fingerprint density at radius 2 is 2.06 bits per heavy atom. The summed E-state index contributed by atoms with van der Waals surface area (Å²) in [6.07, 6.45) is 5.76. The molecular weight excluding hydrogens is 244 g/mol. The van der Waals surface area contributed by atoms with Crippen LogP contribution in [0.5, 0.6) is 0 Å². The van der Waals surface area contributed by atoms with E-state index in [0.717, 1.165) is 12.4 Å². The van der Waals surface area contributed by atoms with Crippen LogP contribution in [0.15, 0.2) is 36.5 Å². The first-order chi connectivity index (χ1) is 8.90. The van der Waals surface area contributed by atoms with E-state index >= 15 is 0 Å². The Morgan fingerprint density at radius 3 is 2.78 bits per heavy atom. The van der Waals surface area contributed by atoms with E-state index in [1.54, 1.807) is 0 Å². The molecule has 0 spiro atoms. The molecule has 0 atom stereocenters. The molecule has 3 heteroatoms. The molecule has 1 aromatic heterocycles. The molecule has 1 aliphatic rings. The van der Waals surface area contributed by atoms with Gasteiger partial charge in [-0.2, -0.15) is 0 Å². The third-order valence-corrected chi connectivity index (χ3v) is 3.93. The minimum Gasteiger partial charge on any atom is -0.352 e. The number of halogens is 1. The highest BCUT2D eigenvalue weighted by Gasteiger charge is 2.26. The molecule has 0 radical (unpaired) electrons. The highest BCUT2D eigenvalue weighted by Crippen LogP contribution is 2.32. The molecule has 0 unspecified atom stereocenters. The Morgan fingerprint density at radius 1 is 1.22 bits per heavy atom. The van der Waals surface area contributed by atoms with Crippen LogP contribution in [0.3, 0.4) is 0 Å². The summed E-state index contributed by atoms with van der Waals surface area (Å²) < 4.78 is 0. The van der Waals surface area contributed by atoms with E-state index in [9.17, 15) is 0 Å². The molecule has 1 heterocycles. The Labute approximate surface area is 113 Å². The van der Waals surface area contributed by atoms with Crippen molar-refractivity contribution in [3.8, 4) is 0 Å². The Hall–Kier alpha value is -1.28. The lowest BCUT2D eigenvalue weighted by Crippen LogP contribution is -2.42. The maximum absolute atomic E-state index is 5.95. The van der Waals surface area contributed by atoms with Crippen molar-refractivity contribution in [1.82, 2.24) is 4.98 Å². The van der Waals surface area contributed by atoms with Gasteiger partial charge >= 0.3 is 0 Å². The predicted molar refractivity (Wildman–Crippen MR) is 77.4 cm³/mol. The summed E-state index contributed by atoms with van der Waals surface area (Å²) in [6.45, 7) is 0.882. The van der Waals surface area contributed by atoms with Crippen LogP contribution in [-0.4, -0.2) is 23.5 Å². The fourth-order valence-electron chi connectivity index (χ4n) is 2.58. The largest absolute Gasteiger partial charge is 0.352 e. The lowest BCUT2D eigenvalue weighted by Gasteiger charge is -2.38.